The van der Waals surface area contributed by atoms with Gasteiger partial charge in [0, 0.05) is 17.5 Å². The van der Waals surface area contributed by atoms with E-state index in [1.54, 1.807) is 6.20 Å². The maximum absolute atomic E-state index is 5.66. The van der Waals surface area contributed by atoms with Gasteiger partial charge in [-0.2, -0.15) is 0 Å². The topological polar surface area (TPSA) is 26.0 Å². The number of hydrogen-bond donors (Lipinski definition) is 0. The number of alkyl halides is 1. The van der Waals surface area contributed by atoms with Crippen LogP contribution in [-0.2, 0) is 5.88 Å². The van der Waals surface area contributed by atoms with E-state index in [9.17, 15) is 0 Å². The van der Waals surface area contributed by atoms with E-state index in [2.05, 4.69) is 27.6 Å². The molecule has 0 aliphatic heterocycles. The third kappa shape index (κ3) is 1.43. The van der Waals surface area contributed by atoms with Crippen LogP contribution in [0, 0.1) is 3.77 Å². The lowest BCUT2D eigenvalue weighted by atomic mass is 10.2. The standard InChI is InChI=1S/C8H5ClINO/c9-3-5-1-6-2-7(10)12-8(6)11-4-5/h1-2,4H,3H2. The van der Waals surface area contributed by atoms with Gasteiger partial charge < -0.3 is 4.42 Å². The number of fused-ring (bicyclic) bond motifs is 1. The summed E-state index contributed by atoms with van der Waals surface area (Å²) in [5, 5.41) is 1.01. The fraction of sp³-hybridized carbons (Fsp3) is 0.125. The van der Waals surface area contributed by atoms with Gasteiger partial charge in [0.15, 0.2) is 3.77 Å². The molecule has 0 aliphatic carbocycles. The second-order valence-electron chi connectivity index (χ2n) is 2.42. The first-order chi connectivity index (χ1) is 5.79. The van der Waals surface area contributed by atoms with Gasteiger partial charge in [0.25, 0.3) is 0 Å². The molecule has 0 unspecified atom stereocenters. The van der Waals surface area contributed by atoms with Crippen LogP contribution in [0.2, 0.25) is 0 Å². The molecule has 4 heteroatoms. The highest BCUT2D eigenvalue weighted by Crippen LogP contribution is 2.19. The van der Waals surface area contributed by atoms with Crippen LogP contribution in [0.4, 0.5) is 0 Å². The molecule has 0 atom stereocenters. The van der Waals surface area contributed by atoms with Crippen molar-refractivity contribution < 1.29 is 4.42 Å². The zero-order valence-electron chi connectivity index (χ0n) is 6.05. The minimum Gasteiger partial charge on any atom is -0.432 e. The Labute approximate surface area is 88.1 Å². The summed E-state index contributed by atoms with van der Waals surface area (Å²) in [4.78, 5) is 4.12. The van der Waals surface area contributed by atoms with Crippen molar-refractivity contribution in [3.8, 4) is 0 Å². The lowest BCUT2D eigenvalue weighted by Gasteiger charge is -1.91. The maximum atomic E-state index is 5.66. The van der Waals surface area contributed by atoms with Crippen LogP contribution in [0.1, 0.15) is 5.56 Å². The van der Waals surface area contributed by atoms with Crippen molar-refractivity contribution in [1.29, 1.82) is 0 Å². The highest BCUT2D eigenvalue weighted by molar-refractivity contribution is 14.1. The fourth-order valence-electron chi connectivity index (χ4n) is 1.02. The highest BCUT2D eigenvalue weighted by Gasteiger charge is 2.02. The van der Waals surface area contributed by atoms with Crippen LogP contribution in [-0.4, -0.2) is 4.98 Å². The Morgan fingerprint density at radius 3 is 3.08 bits per heavy atom. The molecular weight excluding hydrogens is 288 g/mol. The molecule has 0 saturated heterocycles. The van der Waals surface area contributed by atoms with Crippen molar-refractivity contribution in [2.24, 2.45) is 0 Å². The van der Waals surface area contributed by atoms with Crippen LogP contribution in [0.5, 0.6) is 0 Å². The van der Waals surface area contributed by atoms with Crippen molar-refractivity contribution in [2.75, 3.05) is 0 Å². The Kier molecular flexibility index (Phi) is 2.23. The van der Waals surface area contributed by atoms with Crippen LogP contribution >= 0.6 is 34.2 Å². The van der Waals surface area contributed by atoms with E-state index in [0.717, 1.165) is 14.7 Å². The summed E-state index contributed by atoms with van der Waals surface area (Å²) >= 11 is 7.78. The number of hydrogen-bond acceptors (Lipinski definition) is 2. The molecule has 0 aromatic carbocycles. The predicted octanol–water partition coefficient (Wildman–Crippen LogP) is 3.17. The van der Waals surface area contributed by atoms with Gasteiger partial charge in [0.05, 0.1) is 0 Å². The molecule has 2 nitrogen and oxygen atoms in total. The highest BCUT2D eigenvalue weighted by atomic mass is 127. The van der Waals surface area contributed by atoms with E-state index in [1.165, 1.54) is 0 Å². The molecule has 0 N–H and O–H groups in total. The molecule has 0 saturated carbocycles. The Morgan fingerprint density at radius 2 is 2.33 bits per heavy atom. The molecule has 0 aliphatic rings. The quantitative estimate of drug-likeness (QED) is 0.596. The van der Waals surface area contributed by atoms with Crippen LogP contribution < -0.4 is 0 Å². The molecule has 62 valence electrons. The van der Waals surface area contributed by atoms with E-state index < -0.39 is 0 Å². The number of rotatable bonds is 1. The molecule has 0 bridgehead atoms. The monoisotopic (exact) mass is 293 g/mol. The normalized spacial score (nSPS) is 10.8. The second-order valence-corrected chi connectivity index (χ2v) is 3.75. The second kappa shape index (κ2) is 3.22. The van der Waals surface area contributed by atoms with Crippen LogP contribution in [0.25, 0.3) is 11.1 Å². The molecule has 2 rings (SSSR count). The molecule has 0 spiro atoms. The molecule has 2 aromatic heterocycles. The Bertz CT molecular complexity index is 412. The molecular formula is C8H5ClINO. The molecule has 2 heterocycles. The summed E-state index contributed by atoms with van der Waals surface area (Å²) in [6.07, 6.45) is 1.73. The van der Waals surface area contributed by atoms with Crippen LogP contribution in [0.15, 0.2) is 22.7 Å². The average molecular weight is 293 g/mol. The molecule has 0 amide bonds. The van der Waals surface area contributed by atoms with Crippen molar-refractivity contribution in [3.05, 3.63) is 27.7 Å². The molecule has 0 radical (unpaired) electrons. The average Bonchev–Trinajstić information content (AvgIpc) is 2.43. The zero-order valence-corrected chi connectivity index (χ0v) is 8.96. The van der Waals surface area contributed by atoms with Gasteiger partial charge in [0.2, 0.25) is 5.71 Å². The summed E-state index contributed by atoms with van der Waals surface area (Å²) in [5.74, 6) is 0.491. The fourth-order valence-corrected chi connectivity index (χ4v) is 1.71. The zero-order chi connectivity index (χ0) is 8.55. The largest absolute Gasteiger partial charge is 0.432 e. The van der Waals surface area contributed by atoms with Gasteiger partial charge >= 0.3 is 0 Å². The first-order valence-corrected chi connectivity index (χ1v) is 5.01. The Balaban J connectivity index is 2.66. The van der Waals surface area contributed by atoms with E-state index >= 15 is 0 Å². The minimum atomic E-state index is 0.491. The summed E-state index contributed by atoms with van der Waals surface area (Å²) in [6.45, 7) is 0. The predicted molar refractivity (Wildman–Crippen MR) is 56.3 cm³/mol. The Hall–Kier alpha value is -0.290. The van der Waals surface area contributed by atoms with Gasteiger partial charge in [-0.05, 0) is 40.3 Å². The van der Waals surface area contributed by atoms with Crippen LogP contribution in [0.3, 0.4) is 0 Å². The van der Waals surface area contributed by atoms with Gasteiger partial charge in [-0.15, -0.1) is 11.6 Å². The molecule has 2 aromatic rings. The van der Waals surface area contributed by atoms with E-state index in [0.29, 0.717) is 11.6 Å². The Morgan fingerprint density at radius 1 is 1.50 bits per heavy atom. The van der Waals surface area contributed by atoms with Crippen molar-refractivity contribution in [1.82, 2.24) is 4.98 Å². The SMILES string of the molecule is ClCc1cnc2oc(I)cc2c1. The smallest absolute Gasteiger partial charge is 0.227 e. The third-order valence-electron chi connectivity index (χ3n) is 1.55. The molecule has 12 heavy (non-hydrogen) atoms. The molecule has 0 fully saturated rings. The summed E-state index contributed by atoms with van der Waals surface area (Å²) in [6, 6.07) is 3.93. The summed E-state index contributed by atoms with van der Waals surface area (Å²) < 4.78 is 6.15. The first-order valence-electron chi connectivity index (χ1n) is 3.39. The first kappa shape index (κ1) is 8.31. The third-order valence-corrected chi connectivity index (χ3v) is 2.39. The lowest BCUT2D eigenvalue weighted by Crippen LogP contribution is -1.79. The van der Waals surface area contributed by atoms with E-state index in [-0.39, 0.29) is 0 Å². The number of nitrogens with zero attached hydrogens (tertiary/aromatic N) is 1. The van der Waals surface area contributed by atoms with Gasteiger partial charge in [-0.25, -0.2) is 4.98 Å². The maximum Gasteiger partial charge on any atom is 0.227 e. The van der Waals surface area contributed by atoms with Crippen molar-refractivity contribution >= 4 is 45.3 Å². The number of furan rings is 1. The lowest BCUT2D eigenvalue weighted by molar-refractivity contribution is 0.572. The van der Waals surface area contributed by atoms with Crippen molar-refractivity contribution in [2.45, 2.75) is 5.88 Å². The van der Waals surface area contributed by atoms with Gasteiger partial charge in [-0.1, -0.05) is 0 Å². The van der Waals surface area contributed by atoms with Gasteiger partial charge in [-0.3, -0.25) is 0 Å². The number of halogens is 2. The number of pyridine rings is 1. The van der Waals surface area contributed by atoms with Crippen molar-refractivity contribution in [3.63, 3.8) is 0 Å². The number of aromatic nitrogens is 1. The summed E-state index contributed by atoms with van der Waals surface area (Å²) in [7, 11) is 0. The minimum absolute atomic E-state index is 0.491. The van der Waals surface area contributed by atoms with E-state index in [4.69, 9.17) is 16.0 Å². The van der Waals surface area contributed by atoms with E-state index in [1.807, 2.05) is 12.1 Å². The summed E-state index contributed by atoms with van der Waals surface area (Å²) in [5.41, 5.74) is 1.69. The van der Waals surface area contributed by atoms with Gasteiger partial charge in [0.1, 0.15) is 0 Å².